The molecule has 0 aliphatic rings. The van der Waals surface area contributed by atoms with E-state index < -0.39 is 0 Å². The van der Waals surface area contributed by atoms with Gasteiger partial charge in [0.1, 0.15) is 5.82 Å². The van der Waals surface area contributed by atoms with Crippen LogP contribution in [0.4, 0.5) is 10.1 Å². The van der Waals surface area contributed by atoms with Crippen molar-refractivity contribution in [1.29, 1.82) is 0 Å². The number of halogens is 1. The van der Waals surface area contributed by atoms with Crippen molar-refractivity contribution in [2.24, 2.45) is 0 Å². The maximum absolute atomic E-state index is 13.0. The summed E-state index contributed by atoms with van der Waals surface area (Å²) in [6.45, 7) is 0. The fourth-order valence-corrected chi connectivity index (χ4v) is 2.15. The Kier molecular flexibility index (Phi) is 2.49. The molecule has 3 aromatic rings. The minimum Gasteiger partial charge on any atom is -0.398 e. The summed E-state index contributed by atoms with van der Waals surface area (Å²) in [4.78, 5) is 0. The van der Waals surface area contributed by atoms with Crippen LogP contribution < -0.4 is 5.73 Å². The molecule has 0 saturated heterocycles. The summed E-state index contributed by atoms with van der Waals surface area (Å²) >= 11 is 0. The summed E-state index contributed by atoms with van der Waals surface area (Å²) < 4.78 is 13.0. The van der Waals surface area contributed by atoms with Crippen molar-refractivity contribution in [1.82, 2.24) is 0 Å². The lowest BCUT2D eigenvalue weighted by molar-refractivity contribution is 0.628. The quantitative estimate of drug-likeness (QED) is 0.630. The third kappa shape index (κ3) is 1.82. The fourth-order valence-electron chi connectivity index (χ4n) is 2.15. The molecule has 0 spiro atoms. The first-order valence-corrected chi connectivity index (χ1v) is 5.78. The third-order valence-corrected chi connectivity index (χ3v) is 3.07. The Morgan fingerprint density at radius 2 is 1.56 bits per heavy atom. The van der Waals surface area contributed by atoms with E-state index in [0.29, 0.717) is 5.69 Å². The zero-order valence-electron chi connectivity index (χ0n) is 9.73. The summed E-state index contributed by atoms with van der Waals surface area (Å²) in [5.41, 5.74) is 8.19. The number of hydrogen-bond donors (Lipinski definition) is 1. The molecular weight excluding hydrogens is 225 g/mol. The molecule has 2 heteroatoms. The number of hydrogen-bond acceptors (Lipinski definition) is 1. The Hall–Kier alpha value is -2.35. The van der Waals surface area contributed by atoms with Crippen LogP contribution in [0.3, 0.4) is 0 Å². The van der Waals surface area contributed by atoms with E-state index in [-0.39, 0.29) is 5.82 Å². The van der Waals surface area contributed by atoms with Gasteiger partial charge in [0.15, 0.2) is 0 Å². The van der Waals surface area contributed by atoms with E-state index in [9.17, 15) is 4.39 Å². The van der Waals surface area contributed by atoms with Gasteiger partial charge in [-0.25, -0.2) is 4.39 Å². The Bertz CT molecular complexity index is 719. The first-order chi connectivity index (χ1) is 8.74. The zero-order chi connectivity index (χ0) is 12.5. The van der Waals surface area contributed by atoms with Crippen LogP contribution in [-0.4, -0.2) is 0 Å². The maximum Gasteiger partial charge on any atom is 0.125 e. The highest BCUT2D eigenvalue weighted by atomic mass is 19.1. The molecule has 0 atom stereocenters. The number of nitrogen functional groups attached to an aromatic ring is 1. The van der Waals surface area contributed by atoms with Crippen molar-refractivity contribution in [2.45, 2.75) is 0 Å². The zero-order valence-corrected chi connectivity index (χ0v) is 9.73. The monoisotopic (exact) mass is 237 g/mol. The minimum absolute atomic E-state index is 0.308. The molecule has 0 amide bonds. The van der Waals surface area contributed by atoms with Gasteiger partial charge in [0.2, 0.25) is 0 Å². The molecule has 3 rings (SSSR count). The molecule has 0 bridgehead atoms. The van der Waals surface area contributed by atoms with E-state index in [0.717, 1.165) is 16.5 Å². The van der Waals surface area contributed by atoms with Crippen LogP contribution in [0.15, 0.2) is 60.7 Å². The summed E-state index contributed by atoms with van der Waals surface area (Å²) in [7, 11) is 0. The third-order valence-electron chi connectivity index (χ3n) is 3.07. The topological polar surface area (TPSA) is 26.0 Å². The van der Waals surface area contributed by atoms with E-state index in [1.54, 1.807) is 6.07 Å². The number of fused-ring (bicyclic) bond motifs is 1. The second-order valence-electron chi connectivity index (χ2n) is 4.29. The van der Waals surface area contributed by atoms with Crippen molar-refractivity contribution in [3.63, 3.8) is 0 Å². The Morgan fingerprint density at radius 3 is 2.33 bits per heavy atom. The molecule has 0 fully saturated rings. The minimum atomic E-state index is -0.308. The van der Waals surface area contributed by atoms with Crippen molar-refractivity contribution in [3.05, 3.63) is 66.5 Å². The fraction of sp³-hybridized carbons (Fsp3) is 0. The SMILES string of the molecule is Nc1cc(F)ccc1-c1ccc2ccccc2c1. The number of rotatable bonds is 1. The van der Waals surface area contributed by atoms with E-state index in [4.69, 9.17) is 5.73 Å². The first-order valence-electron chi connectivity index (χ1n) is 5.78. The normalized spacial score (nSPS) is 10.7. The van der Waals surface area contributed by atoms with Crippen molar-refractivity contribution in [3.8, 4) is 11.1 Å². The number of benzene rings is 3. The van der Waals surface area contributed by atoms with Gasteiger partial charge < -0.3 is 5.73 Å². The van der Waals surface area contributed by atoms with E-state index >= 15 is 0 Å². The van der Waals surface area contributed by atoms with Gasteiger partial charge in [-0.2, -0.15) is 0 Å². The second kappa shape index (κ2) is 4.15. The Balaban J connectivity index is 2.19. The summed E-state index contributed by atoms with van der Waals surface area (Å²) in [5.74, 6) is -0.308. The standard InChI is InChI=1S/C16H12FN/c17-14-7-8-15(16(18)10-14)13-6-5-11-3-1-2-4-12(11)9-13/h1-10H,18H2. The maximum atomic E-state index is 13.0. The van der Waals surface area contributed by atoms with Crippen LogP contribution in [0.1, 0.15) is 0 Å². The highest BCUT2D eigenvalue weighted by molar-refractivity contribution is 5.89. The molecule has 88 valence electrons. The van der Waals surface area contributed by atoms with Crippen molar-refractivity contribution in [2.75, 3.05) is 5.73 Å². The van der Waals surface area contributed by atoms with Gasteiger partial charge in [0.05, 0.1) is 0 Å². The van der Waals surface area contributed by atoms with Crippen LogP contribution >= 0.6 is 0 Å². The molecule has 0 saturated carbocycles. The van der Waals surface area contributed by atoms with Crippen LogP contribution in [0.2, 0.25) is 0 Å². The second-order valence-corrected chi connectivity index (χ2v) is 4.29. The van der Waals surface area contributed by atoms with Gasteiger partial charge in [-0.15, -0.1) is 0 Å². The molecule has 2 N–H and O–H groups in total. The molecule has 18 heavy (non-hydrogen) atoms. The molecule has 0 unspecified atom stereocenters. The van der Waals surface area contributed by atoms with Gasteiger partial charge in [-0.05, 0) is 40.6 Å². The summed E-state index contributed by atoms with van der Waals surface area (Å²) in [6, 6.07) is 18.7. The lowest BCUT2D eigenvalue weighted by Gasteiger charge is -2.07. The highest BCUT2D eigenvalue weighted by Gasteiger charge is 2.04. The first kappa shape index (κ1) is 10.8. The van der Waals surface area contributed by atoms with Crippen LogP contribution in [0.5, 0.6) is 0 Å². The molecule has 1 nitrogen and oxygen atoms in total. The summed E-state index contributed by atoms with van der Waals surface area (Å²) in [5, 5.41) is 2.33. The Labute approximate surface area is 105 Å². The predicted octanol–water partition coefficient (Wildman–Crippen LogP) is 4.23. The Morgan fingerprint density at radius 1 is 0.778 bits per heavy atom. The van der Waals surface area contributed by atoms with Crippen molar-refractivity contribution >= 4 is 16.5 Å². The molecule has 0 aromatic heterocycles. The average Bonchev–Trinajstić information content (AvgIpc) is 2.38. The molecule has 0 radical (unpaired) electrons. The predicted molar refractivity (Wildman–Crippen MR) is 73.8 cm³/mol. The van der Waals surface area contributed by atoms with E-state index in [2.05, 4.69) is 18.2 Å². The number of nitrogens with two attached hydrogens (primary N) is 1. The number of anilines is 1. The van der Waals surface area contributed by atoms with Gasteiger partial charge in [-0.1, -0.05) is 36.4 Å². The molecule has 0 aliphatic heterocycles. The van der Waals surface area contributed by atoms with Gasteiger partial charge in [-0.3, -0.25) is 0 Å². The lowest BCUT2D eigenvalue weighted by atomic mass is 10.00. The molecule has 3 aromatic carbocycles. The van der Waals surface area contributed by atoms with Gasteiger partial charge >= 0.3 is 0 Å². The molecule has 0 heterocycles. The smallest absolute Gasteiger partial charge is 0.125 e. The van der Waals surface area contributed by atoms with E-state index in [1.165, 1.54) is 17.5 Å². The summed E-state index contributed by atoms with van der Waals surface area (Å²) in [6.07, 6.45) is 0. The average molecular weight is 237 g/mol. The van der Waals surface area contributed by atoms with Gasteiger partial charge in [0, 0.05) is 11.3 Å². The highest BCUT2D eigenvalue weighted by Crippen LogP contribution is 2.29. The lowest BCUT2D eigenvalue weighted by Crippen LogP contribution is -1.91. The van der Waals surface area contributed by atoms with Gasteiger partial charge in [0.25, 0.3) is 0 Å². The molecule has 0 aliphatic carbocycles. The van der Waals surface area contributed by atoms with Crippen LogP contribution in [0, 0.1) is 5.82 Å². The largest absolute Gasteiger partial charge is 0.398 e. The molecular formula is C16H12FN. The van der Waals surface area contributed by atoms with Crippen LogP contribution in [0.25, 0.3) is 21.9 Å². The van der Waals surface area contributed by atoms with E-state index in [1.807, 2.05) is 24.3 Å². The van der Waals surface area contributed by atoms with Crippen molar-refractivity contribution < 1.29 is 4.39 Å². The van der Waals surface area contributed by atoms with Crippen LogP contribution in [-0.2, 0) is 0 Å².